The molecule has 110 valence electrons. The first-order valence-electron chi connectivity index (χ1n) is 6.09. The minimum atomic E-state index is -3.23. The first-order valence-corrected chi connectivity index (χ1v) is 7.98. The zero-order valence-corrected chi connectivity index (χ0v) is 12.1. The molecule has 2 rings (SSSR count). The van der Waals surface area contributed by atoms with Crippen LogP contribution in [0.4, 0.5) is 0 Å². The van der Waals surface area contributed by atoms with Crippen LogP contribution in [-0.4, -0.2) is 30.7 Å². The summed E-state index contributed by atoms with van der Waals surface area (Å²) in [6.45, 7) is 0.207. The van der Waals surface area contributed by atoms with Gasteiger partial charge in [0.1, 0.15) is 5.75 Å². The number of pyridine rings is 1. The molecule has 0 spiro atoms. The van der Waals surface area contributed by atoms with Gasteiger partial charge in [-0.05, 0) is 29.8 Å². The molecular formula is C14H14N2O4S. The average molecular weight is 306 g/mol. The lowest BCUT2D eigenvalue weighted by Crippen LogP contribution is -2.23. The van der Waals surface area contributed by atoms with Crippen molar-refractivity contribution in [1.29, 1.82) is 0 Å². The largest absolute Gasteiger partial charge is 0.505 e. The zero-order valence-electron chi connectivity index (χ0n) is 11.3. The molecule has 2 N–H and O–H groups in total. The van der Waals surface area contributed by atoms with E-state index in [0.29, 0.717) is 0 Å². The third kappa shape index (κ3) is 3.79. The van der Waals surface area contributed by atoms with Crippen molar-refractivity contribution in [2.45, 2.75) is 11.4 Å². The number of hydrogen-bond donors (Lipinski definition) is 2. The number of aromatic hydroxyl groups is 1. The Morgan fingerprint density at radius 2 is 1.90 bits per heavy atom. The van der Waals surface area contributed by atoms with Gasteiger partial charge in [0.15, 0.2) is 15.5 Å². The number of rotatable bonds is 4. The van der Waals surface area contributed by atoms with E-state index in [4.69, 9.17) is 0 Å². The van der Waals surface area contributed by atoms with Crippen LogP contribution < -0.4 is 5.32 Å². The second kappa shape index (κ2) is 5.92. The SMILES string of the molecule is CS(=O)(=O)c1ccc(CNC(=O)c2ncccc2O)cc1. The van der Waals surface area contributed by atoms with Crippen LogP contribution >= 0.6 is 0 Å². The van der Waals surface area contributed by atoms with Gasteiger partial charge >= 0.3 is 0 Å². The van der Waals surface area contributed by atoms with Crippen LogP contribution in [0.15, 0.2) is 47.5 Å². The fourth-order valence-electron chi connectivity index (χ4n) is 1.69. The van der Waals surface area contributed by atoms with Crippen LogP contribution in [0.1, 0.15) is 16.1 Å². The number of amides is 1. The molecule has 0 saturated heterocycles. The van der Waals surface area contributed by atoms with Crippen LogP contribution in [0.2, 0.25) is 0 Å². The van der Waals surface area contributed by atoms with E-state index < -0.39 is 15.7 Å². The maximum atomic E-state index is 11.8. The Morgan fingerprint density at radius 1 is 1.24 bits per heavy atom. The fraction of sp³-hybridized carbons (Fsp3) is 0.143. The summed E-state index contributed by atoms with van der Waals surface area (Å²) in [5, 5.41) is 12.1. The summed E-state index contributed by atoms with van der Waals surface area (Å²) in [6, 6.07) is 9.10. The Hall–Kier alpha value is -2.41. The van der Waals surface area contributed by atoms with Crippen LogP contribution in [0, 0.1) is 0 Å². The smallest absolute Gasteiger partial charge is 0.273 e. The Morgan fingerprint density at radius 3 is 2.48 bits per heavy atom. The standard InChI is InChI=1S/C14H14N2O4S/c1-21(19,20)11-6-4-10(5-7-11)9-16-14(18)13-12(17)3-2-8-15-13/h2-8,17H,9H2,1H3,(H,16,18). The first-order chi connectivity index (χ1) is 9.88. The van der Waals surface area contributed by atoms with E-state index in [-0.39, 0.29) is 22.9 Å². The molecule has 0 saturated carbocycles. The van der Waals surface area contributed by atoms with Gasteiger partial charge in [-0.1, -0.05) is 12.1 Å². The van der Waals surface area contributed by atoms with Gasteiger partial charge in [-0.3, -0.25) is 4.79 Å². The van der Waals surface area contributed by atoms with Gasteiger partial charge in [0.25, 0.3) is 5.91 Å². The number of carbonyl (C=O) groups excluding carboxylic acids is 1. The number of nitrogens with zero attached hydrogens (tertiary/aromatic N) is 1. The Labute approximate surface area is 122 Å². The Balaban J connectivity index is 2.04. The summed E-state index contributed by atoms with van der Waals surface area (Å²) in [4.78, 5) is 15.9. The van der Waals surface area contributed by atoms with Crippen molar-refractivity contribution in [3.8, 4) is 5.75 Å². The third-order valence-corrected chi connectivity index (χ3v) is 3.93. The summed E-state index contributed by atoms with van der Waals surface area (Å²) in [7, 11) is -3.23. The highest BCUT2D eigenvalue weighted by atomic mass is 32.2. The van der Waals surface area contributed by atoms with Crippen LogP contribution in [0.25, 0.3) is 0 Å². The maximum Gasteiger partial charge on any atom is 0.273 e. The normalized spacial score (nSPS) is 11.1. The Kier molecular flexibility index (Phi) is 4.23. The van der Waals surface area contributed by atoms with Crippen molar-refractivity contribution >= 4 is 15.7 Å². The molecule has 1 aromatic heterocycles. The lowest BCUT2D eigenvalue weighted by atomic mass is 10.2. The van der Waals surface area contributed by atoms with E-state index in [1.807, 2.05) is 0 Å². The number of sulfone groups is 1. The number of benzene rings is 1. The predicted molar refractivity (Wildman–Crippen MR) is 76.6 cm³/mol. The topological polar surface area (TPSA) is 96.4 Å². The highest BCUT2D eigenvalue weighted by Crippen LogP contribution is 2.13. The lowest BCUT2D eigenvalue weighted by Gasteiger charge is -2.06. The molecule has 1 aromatic carbocycles. The van der Waals surface area contributed by atoms with Crippen molar-refractivity contribution in [2.75, 3.05) is 6.26 Å². The molecule has 0 bridgehead atoms. The average Bonchev–Trinajstić information content (AvgIpc) is 2.45. The highest BCUT2D eigenvalue weighted by Gasteiger charge is 2.12. The fourth-order valence-corrected chi connectivity index (χ4v) is 2.32. The van der Waals surface area contributed by atoms with Gasteiger partial charge in [0.2, 0.25) is 0 Å². The molecule has 1 amide bonds. The van der Waals surface area contributed by atoms with Crippen molar-refractivity contribution in [3.63, 3.8) is 0 Å². The van der Waals surface area contributed by atoms with Gasteiger partial charge < -0.3 is 10.4 Å². The quantitative estimate of drug-likeness (QED) is 0.882. The van der Waals surface area contributed by atoms with E-state index in [0.717, 1.165) is 11.8 Å². The van der Waals surface area contributed by atoms with Gasteiger partial charge in [0, 0.05) is 19.0 Å². The summed E-state index contributed by atoms with van der Waals surface area (Å²) in [5.74, 6) is -0.692. The van der Waals surface area contributed by atoms with E-state index >= 15 is 0 Å². The molecule has 2 aromatic rings. The lowest BCUT2D eigenvalue weighted by molar-refractivity contribution is 0.0943. The van der Waals surface area contributed by atoms with Crippen molar-refractivity contribution in [2.24, 2.45) is 0 Å². The molecule has 0 atom stereocenters. The van der Waals surface area contributed by atoms with Gasteiger partial charge in [-0.25, -0.2) is 13.4 Å². The summed E-state index contributed by atoms with van der Waals surface area (Å²) < 4.78 is 22.7. The van der Waals surface area contributed by atoms with Crippen LogP contribution in [0.5, 0.6) is 5.75 Å². The minimum absolute atomic E-state index is 0.0507. The summed E-state index contributed by atoms with van der Waals surface area (Å²) in [5.41, 5.74) is 0.691. The molecule has 0 aliphatic heterocycles. The van der Waals surface area contributed by atoms with Gasteiger partial charge in [-0.2, -0.15) is 0 Å². The van der Waals surface area contributed by atoms with Crippen LogP contribution in [-0.2, 0) is 16.4 Å². The van der Waals surface area contributed by atoms with Gasteiger partial charge in [-0.15, -0.1) is 0 Å². The maximum absolute atomic E-state index is 11.8. The van der Waals surface area contributed by atoms with Gasteiger partial charge in [0.05, 0.1) is 4.90 Å². The molecule has 6 nitrogen and oxygen atoms in total. The number of aromatic nitrogens is 1. The number of hydrogen-bond acceptors (Lipinski definition) is 5. The van der Waals surface area contributed by atoms with E-state index in [1.54, 1.807) is 12.1 Å². The predicted octanol–water partition coefficient (Wildman–Crippen LogP) is 1.12. The molecule has 7 heteroatoms. The van der Waals surface area contributed by atoms with E-state index in [2.05, 4.69) is 10.3 Å². The number of nitrogens with one attached hydrogen (secondary N) is 1. The summed E-state index contributed by atoms with van der Waals surface area (Å²) >= 11 is 0. The second-order valence-corrected chi connectivity index (χ2v) is 6.49. The molecule has 0 fully saturated rings. The molecular weight excluding hydrogens is 292 g/mol. The summed E-state index contributed by atoms with van der Waals surface area (Å²) in [6.07, 6.45) is 2.54. The molecule has 1 heterocycles. The first kappa shape index (κ1) is 15.0. The monoisotopic (exact) mass is 306 g/mol. The third-order valence-electron chi connectivity index (χ3n) is 2.81. The molecule has 0 unspecified atom stereocenters. The molecule has 0 radical (unpaired) electrons. The minimum Gasteiger partial charge on any atom is -0.505 e. The van der Waals surface area contributed by atoms with Crippen LogP contribution in [0.3, 0.4) is 0 Å². The highest BCUT2D eigenvalue weighted by molar-refractivity contribution is 7.90. The molecule has 0 aliphatic carbocycles. The van der Waals surface area contributed by atoms with Crippen molar-refractivity contribution in [1.82, 2.24) is 10.3 Å². The van der Waals surface area contributed by atoms with E-state index in [9.17, 15) is 18.3 Å². The molecule has 0 aliphatic rings. The molecule has 21 heavy (non-hydrogen) atoms. The second-order valence-electron chi connectivity index (χ2n) is 4.47. The van der Waals surface area contributed by atoms with Crippen molar-refractivity contribution in [3.05, 3.63) is 53.9 Å². The van der Waals surface area contributed by atoms with E-state index in [1.165, 1.54) is 30.5 Å². The number of carbonyl (C=O) groups is 1. The Bertz CT molecular complexity index is 755. The van der Waals surface area contributed by atoms with Crippen molar-refractivity contribution < 1.29 is 18.3 Å². The zero-order chi connectivity index (χ0) is 15.5.